The lowest BCUT2D eigenvalue weighted by molar-refractivity contribution is -0.121. The number of carbonyl (C=O) groups is 1. The van der Waals surface area contributed by atoms with E-state index in [1.807, 2.05) is 24.3 Å². The van der Waals surface area contributed by atoms with Gasteiger partial charge in [0.1, 0.15) is 0 Å². The fourth-order valence-electron chi connectivity index (χ4n) is 2.07. The number of nitrogens with one attached hydrogen (secondary N) is 1. The van der Waals surface area contributed by atoms with Gasteiger partial charge in [0, 0.05) is 29.5 Å². The molecule has 1 aromatic carbocycles. The first kappa shape index (κ1) is 15.7. The molecule has 1 aromatic rings. The van der Waals surface area contributed by atoms with E-state index in [0.717, 1.165) is 36.6 Å². The molecule has 1 aliphatic rings. The zero-order valence-corrected chi connectivity index (χ0v) is 13.0. The SMILES string of the molecule is O=C(CCCSc1ccc(Cl)cc1)NC[C@H]1CCCO1. The summed E-state index contributed by atoms with van der Waals surface area (Å²) >= 11 is 7.58. The predicted molar refractivity (Wildman–Crippen MR) is 83.4 cm³/mol. The first-order valence-electron chi connectivity index (χ1n) is 7.01. The summed E-state index contributed by atoms with van der Waals surface area (Å²) in [5, 5.41) is 3.69. The molecule has 1 N–H and O–H groups in total. The van der Waals surface area contributed by atoms with E-state index in [0.29, 0.717) is 13.0 Å². The number of rotatable bonds is 7. The molecule has 0 saturated carbocycles. The van der Waals surface area contributed by atoms with Crippen molar-refractivity contribution in [2.75, 3.05) is 18.9 Å². The third-order valence-corrected chi connectivity index (χ3v) is 4.53. The van der Waals surface area contributed by atoms with Gasteiger partial charge in [-0.3, -0.25) is 4.79 Å². The molecule has 1 aliphatic heterocycles. The van der Waals surface area contributed by atoms with Gasteiger partial charge in [-0.25, -0.2) is 0 Å². The Hall–Kier alpha value is -0.710. The van der Waals surface area contributed by atoms with Gasteiger partial charge < -0.3 is 10.1 Å². The topological polar surface area (TPSA) is 38.3 Å². The predicted octanol–water partition coefficient (Wildman–Crippen LogP) is 3.51. The summed E-state index contributed by atoms with van der Waals surface area (Å²) < 4.78 is 5.47. The fraction of sp³-hybridized carbons (Fsp3) is 0.533. The van der Waals surface area contributed by atoms with Crippen LogP contribution in [0.25, 0.3) is 0 Å². The van der Waals surface area contributed by atoms with Crippen molar-refractivity contribution in [1.29, 1.82) is 0 Å². The Morgan fingerprint density at radius 3 is 2.90 bits per heavy atom. The second-order valence-corrected chi connectivity index (χ2v) is 6.45. The lowest BCUT2D eigenvalue weighted by Crippen LogP contribution is -2.31. The Kier molecular flexibility index (Phi) is 6.70. The van der Waals surface area contributed by atoms with Gasteiger partial charge in [0.25, 0.3) is 0 Å². The summed E-state index contributed by atoms with van der Waals surface area (Å²) in [7, 11) is 0. The van der Waals surface area contributed by atoms with Gasteiger partial charge >= 0.3 is 0 Å². The van der Waals surface area contributed by atoms with Crippen molar-refractivity contribution in [2.45, 2.75) is 36.7 Å². The zero-order valence-electron chi connectivity index (χ0n) is 11.4. The molecule has 0 radical (unpaired) electrons. The van der Waals surface area contributed by atoms with E-state index >= 15 is 0 Å². The number of thioether (sulfide) groups is 1. The maximum absolute atomic E-state index is 11.7. The first-order chi connectivity index (χ1) is 9.74. The third-order valence-electron chi connectivity index (χ3n) is 3.18. The van der Waals surface area contributed by atoms with Crippen molar-refractivity contribution in [1.82, 2.24) is 5.32 Å². The molecule has 1 atom stereocenters. The highest BCUT2D eigenvalue weighted by Gasteiger charge is 2.15. The Morgan fingerprint density at radius 2 is 2.20 bits per heavy atom. The Morgan fingerprint density at radius 1 is 1.40 bits per heavy atom. The molecule has 2 rings (SSSR count). The molecule has 0 spiro atoms. The zero-order chi connectivity index (χ0) is 14.2. The lowest BCUT2D eigenvalue weighted by Gasteiger charge is -2.10. The molecule has 0 aliphatic carbocycles. The van der Waals surface area contributed by atoms with Crippen LogP contribution >= 0.6 is 23.4 Å². The van der Waals surface area contributed by atoms with E-state index in [9.17, 15) is 4.79 Å². The molecule has 110 valence electrons. The molecule has 1 saturated heterocycles. The van der Waals surface area contributed by atoms with Gasteiger partial charge in [0.2, 0.25) is 5.91 Å². The normalized spacial score (nSPS) is 18.1. The monoisotopic (exact) mass is 313 g/mol. The van der Waals surface area contributed by atoms with Crippen LogP contribution in [0.1, 0.15) is 25.7 Å². The molecular formula is C15H20ClNO2S. The maximum atomic E-state index is 11.7. The third kappa shape index (κ3) is 5.73. The molecule has 0 aromatic heterocycles. The van der Waals surface area contributed by atoms with Crippen LogP contribution < -0.4 is 5.32 Å². The molecule has 0 unspecified atom stereocenters. The van der Waals surface area contributed by atoms with E-state index in [2.05, 4.69) is 5.32 Å². The van der Waals surface area contributed by atoms with Gasteiger partial charge in [0.05, 0.1) is 6.10 Å². The largest absolute Gasteiger partial charge is 0.376 e. The molecular weight excluding hydrogens is 294 g/mol. The fourth-order valence-corrected chi connectivity index (χ4v) is 3.05. The van der Waals surface area contributed by atoms with Crippen molar-refractivity contribution in [3.8, 4) is 0 Å². The second kappa shape index (κ2) is 8.55. The smallest absolute Gasteiger partial charge is 0.220 e. The maximum Gasteiger partial charge on any atom is 0.220 e. The molecule has 0 bridgehead atoms. The highest BCUT2D eigenvalue weighted by molar-refractivity contribution is 7.99. The average Bonchev–Trinajstić information content (AvgIpc) is 2.96. The quantitative estimate of drug-likeness (QED) is 0.618. The van der Waals surface area contributed by atoms with E-state index in [1.54, 1.807) is 11.8 Å². The molecule has 1 amide bonds. The van der Waals surface area contributed by atoms with Crippen LogP contribution in [-0.4, -0.2) is 30.9 Å². The molecule has 1 heterocycles. The Labute approximate surface area is 129 Å². The van der Waals surface area contributed by atoms with E-state index in [1.165, 1.54) is 4.90 Å². The van der Waals surface area contributed by atoms with E-state index in [-0.39, 0.29) is 12.0 Å². The minimum absolute atomic E-state index is 0.122. The van der Waals surface area contributed by atoms with Crippen molar-refractivity contribution >= 4 is 29.3 Å². The number of carbonyl (C=O) groups excluding carboxylic acids is 1. The number of halogens is 1. The number of hydrogen-bond acceptors (Lipinski definition) is 3. The summed E-state index contributed by atoms with van der Waals surface area (Å²) in [6.45, 7) is 1.49. The van der Waals surface area contributed by atoms with Crippen molar-refractivity contribution in [3.05, 3.63) is 29.3 Å². The van der Waals surface area contributed by atoms with Crippen LogP contribution in [0.2, 0.25) is 5.02 Å². The minimum atomic E-state index is 0.122. The van der Waals surface area contributed by atoms with Crippen molar-refractivity contribution in [3.63, 3.8) is 0 Å². The summed E-state index contributed by atoms with van der Waals surface area (Å²) in [4.78, 5) is 12.9. The van der Waals surface area contributed by atoms with Crippen molar-refractivity contribution < 1.29 is 9.53 Å². The van der Waals surface area contributed by atoms with Gasteiger partial charge in [-0.15, -0.1) is 11.8 Å². The summed E-state index contributed by atoms with van der Waals surface area (Å²) in [5.74, 6) is 1.06. The standard InChI is InChI=1S/C15H20ClNO2S/c16-12-5-7-14(8-6-12)20-10-2-4-15(18)17-11-13-3-1-9-19-13/h5-8,13H,1-4,9-11H2,(H,17,18)/t13-/m1/s1. The number of amides is 1. The summed E-state index contributed by atoms with van der Waals surface area (Å²) in [5.41, 5.74) is 0. The van der Waals surface area contributed by atoms with Crippen LogP contribution in [0.4, 0.5) is 0 Å². The van der Waals surface area contributed by atoms with E-state index in [4.69, 9.17) is 16.3 Å². The van der Waals surface area contributed by atoms with Crippen LogP contribution in [0.15, 0.2) is 29.2 Å². The molecule has 1 fully saturated rings. The summed E-state index contributed by atoms with van der Waals surface area (Å²) in [6, 6.07) is 7.78. The second-order valence-electron chi connectivity index (χ2n) is 4.85. The van der Waals surface area contributed by atoms with E-state index < -0.39 is 0 Å². The number of benzene rings is 1. The Bertz CT molecular complexity index is 418. The van der Waals surface area contributed by atoms with Gasteiger partial charge in [-0.1, -0.05) is 11.6 Å². The first-order valence-corrected chi connectivity index (χ1v) is 8.37. The highest BCUT2D eigenvalue weighted by Crippen LogP contribution is 2.21. The van der Waals surface area contributed by atoms with Crippen molar-refractivity contribution in [2.24, 2.45) is 0 Å². The number of hydrogen-bond donors (Lipinski definition) is 1. The van der Waals surface area contributed by atoms with Gasteiger partial charge in [0.15, 0.2) is 0 Å². The van der Waals surface area contributed by atoms with Gasteiger partial charge in [-0.2, -0.15) is 0 Å². The molecule has 20 heavy (non-hydrogen) atoms. The molecule has 5 heteroatoms. The van der Waals surface area contributed by atoms with Crippen LogP contribution in [0.5, 0.6) is 0 Å². The number of ether oxygens (including phenoxy) is 1. The van der Waals surface area contributed by atoms with Gasteiger partial charge in [-0.05, 0) is 49.3 Å². The minimum Gasteiger partial charge on any atom is -0.376 e. The van der Waals surface area contributed by atoms with Crippen LogP contribution in [0, 0.1) is 0 Å². The van der Waals surface area contributed by atoms with Crippen LogP contribution in [0.3, 0.4) is 0 Å². The highest BCUT2D eigenvalue weighted by atomic mass is 35.5. The molecule has 3 nitrogen and oxygen atoms in total. The van der Waals surface area contributed by atoms with Crippen LogP contribution in [-0.2, 0) is 9.53 Å². The lowest BCUT2D eigenvalue weighted by atomic mass is 10.2. The summed E-state index contributed by atoms with van der Waals surface area (Å²) in [6.07, 6.45) is 3.85. The Balaban J connectivity index is 1.53. The average molecular weight is 314 g/mol.